The molecule has 1 atom stereocenters. The number of hydrogen-bond acceptors (Lipinski definition) is 3. The van der Waals surface area contributed by atoms with Crippen LogP contribution in [0.2, 0.25) is 0 Å². The Morgan fingerprint density at radius 3 is 2.28 bits per heavy atom. The van der Waals surface area contributed by atoms with Crippen LogP contribution >= 0.6 is 0 Å². The van der Waals surface area contributed by atoms with Crippen molar-refractivity contribution in [1.29, 1.82) is 0 Å². The summed E-state index contributed by atoms with van der Waals surface area (Å²) in [7, 11) is 3.03. The number of halogens is 2. The second-order valence-corrected chi connectivity index (χ2v) is 5.75. The molecule has 1 amide bonds. The minimum Gasteiger partial charge on any atom is -0.493 e. The number of rotatable bonds is 6. The Balaban J connectivity index is 2.22. The number of benzene rings is 2. The maximum absolute atomic E-state index is 12.7. The first-order valence-corrected chi connectivity index (χ1v) is 7.80. The summed E-state index contributed by atoms with van der Waals surface area (Å²) in [4.78, 5) is 14.3. The molecule has 0 aromatic heterocycles. The maximum Gasteiger partial charge on any atom is 0.387 e. The highest BCUT2D eigenvalue weighted by molar-refractivity contribution is 5.95. The summed E-state index contributed by atoms with van der Waals surface area (Å²) >= 11 is 0. The molecule has 1 unspecified atom stereocenters. The third kappa shape index (κ3) is 4.47. The predicted octanol–water partition coefficient (Wildman–Crippen LogP) is 4.44. The van der Waals surface area contributed by atoms with Crippen LogP contribution in [0.25, 0.3) is 0 Å². The first kappa shape index (κ1) is 18.7. The summed E-state index contributed by atoms with van der Waals surface area (Å²) in [6, 6.07) is 11.9. The van der Waals surface area contributed by atoms with Crippen molar-refractivity contribution < 1.29 is 23.0 Å². The van der Waals surface area contributed by atoms with Crippen molar-refractivity contribution in [2.24, 2.45) is 0 Å². The topological polar surface area (TPSA) is 38.8 Å². The molecular weight excluding hydrogens is 328 g/mol. The van der Waals surface area contributed by atoms with Crippen LogP contribution in [0.1, 0.15) is 34.5 Å². The Labute approximate surface area is 146 Å². The molecule has 0 bridgehead atoms. The van der Waals surface area contributed by atoms with Gasteiger partial charge in [-0.05, 0) is 37.6 Å². The van der Waals surface area contributed by atoms with Crippen LogP contribution < -0.4 is 9.47 Å². The van der Waals surface area contributed by atoms with Gasteiger partial charge in [0.2, 0.25) is 0 Å². The first-order chi connectivity index (χ1) is 11.8. The van der Waals surface area contributed by atoms with E-state index in [4.69, 9.17) is 4.74 Å². The van der Waals surface area contributed by atoms with Crippen molar-refractivity contribution >= 4 is 5.91 Å². The number of hydrogen-bond donors (Lipinski definition) is 0. The van der Waals surface area contributed by atoms with Gasteiger partial charge >= 0.3 is 6.61 Å². The van der Waals surface area contributed by atoms with Crippen LogP contribution in [0.4, 0.5) is 8.78 Å². The Morgan fingerprint density at radius 1 is 1.08 bits per heavy atom. The van der Waals surface area contributed by atoms with E-state index in [1.54, 1.807) is 11.9 Å². The minimum atomic E-state index is -2.96. The van der Waals surface area contributed by atoms with Gasteiger partial charge in [-0.1, -0.05) is 29.8 Å². The highest BCUT2D eigenvalue weighted by atomic mass is 19.3. The number of amides is 1. The number of methoxy groups -OCH3 is 1. The number of carbonyl (C=O) groups excluding carboxylic acids is 1. The zero-order chi connectivity index (χ0) is 18.6. The number of ether oxygens (including phenoxy) is 2. The molecule has 0 saturated heterocycles. The number of nitrogens with zero attached hydrogens (tertiary/aromatic N) is 1. The molecular formula is C19H21F2NO3. The predicted molar refractivity (Wildman–Crippen MR) is 91.3 cm³/mol. The highest BCUT2D eigenvalue weighted by Gasteiger charge is 2.21. The quantitative estimate of drug-likeness (QED) is 0.774. The van der Waals surface area contributed by atoms with Crippen LogP contribution in [-0.2, 0) is 0 Å². The fourth-order valence-electron chi connectivity index (χ4n) is 2.44. The molecule has 0 aliphatic rings. The third-order valence-corrected chi connectivity index (χ3v) is 4.09. The lowest BCUT2D eigenvalue weighted by atomic mass is 10.0. The monoisotopic (exact) mass is 349 g/mol. The molecule has 0 aliphatic carbocycles. The molecule has 6 heteroatoms. The van der Waals surface area contributed by atoms with Gasteiger partial charge in [-0.3, -0.25) is 4.79 Å². The maximum atomic E-state index is 12.7. The average molecular weight is 349 g/mol. The van der Waals surface area contributed by atoms with Crippen LogP contribution in [0.5, 0.6) is 11.5 Å². The van der Waals surface area contributed by atoms with Gasteiger partial charge in [0.1, 0.15) is 0 Å². The second kappa shape index (κ2) is 7.96. The summed E-state index contributed by atoms with van der Waals surface area (Å²) in [6.45, 7) is 0.965. The molecule has 0 saturated carbocycles. The first-order valence-electron chi connectivity index (χ1n) is 7.80. The Hall–Kier alpha value is -2.63. The van der Waals surface area contributed by atoms with E-state index in [9.17, 15) is 13.6 Å². The Morgan fingerprint density at radius 2 is 1.72 bits per heavy atom. The molecule has 25 heavy (non-hydrogen) atoms. The lowest BCUT2D eigenvalue weighted by Gasteiger charge is -2.26. The SMILES string of the molecule is COc1cc(C(=O)N(C)C(C)c2ccc(C)cc2)ccc1OC(F)F. The molecule has 2 aromatic rings. The van der Waals surface area contributed by atoms with Crippen LogP contribution in [0, 0.1) is 6.92 Å². The molecule has 0 radical (unpaired) electrons. The standard InChI is InChI=1S/C19H21F2NO3/c1-12-5-7-14(8-6-12)13(2)22(3)18(23)15-9-10-16(25-19(20)21)17(11-15)24-4/h5-11,13,19H,1-4H3. The molecule has 0 spiro atoms. The Kier molecular flexibility index (Phi) is 5.96. The van der Waals surface area contributed by atoms with E-state index in [1.165, 1.54) is 25.3 Å². The minimum absolute atomic E-state index is 0.0857. The molecule has 4 nitrogen and oxygen atoms in total. The van der Waals surface area contributed by atoms with E-state index < -0.39 is 6.61 Å². The zero-order valence-corrected chi connectivity index (χ0v) is 14.6. The van der Waals surface area contributed by atoms with E-state index in [1.807, 2.05) is 38.1 Å². The van der Waals surface area contributed by atoms with Gasteiger partial charge in [0.05, 0.1) is 13.2 Å². The van der Waals surface area contributed by atoms with Gasteiger partial charge in [0, 0.05) is 12.6 Å². The summed E-state index contributed by atoms with van der Waals surface area (Å²) < 4.78 is 34.2. The fourth-order valence-corrected chi connectivity index (χ4v) is 2.44. The van der Waals surface area contributed by atoms with E-state index in [2.05, 4.69) is 4.74 Å². The van der Waals surface area contributed by atoms with E-state index in [0.717, 1.165) is 11.1 Å². The largest absolute Gasteiger partial charge is 0.493 e. The normalized spacial score (nSPS) is 12.0. The molecule has 0 aliphatic heterocycles. The molecule has 2 aromatic carbocycles. The van der Waals surface area contributed by atoms with Crippen molar-refractivity contribution in [3.05, 3.63) is 59.2 Å². The van der Waals surface area contributed by atoms with Gasteiger partial charge in [-0.2, -0.15) is 8.78 Å². The summed E-state index contributed by atoms with van der Waals surface area (Å²) in [5.74, 6) is -0.263. The van der Waals surface area contributed by atoms with Crippen LogP contribution in [0.3, 0.4) is 0 Å². The third-order valence-electron chi connectivity index (χ3n) is 4.09. The average Bonchev–Trinajstić information content (AvgIpc) is 2.60. The fraction of sp³-hybridized carbons (Fsp3) is 0.316. The van der Waals surface area contributed by atoms with Crippen LogP contribution in [0.15, 0.2) is 42.5 Å². The molecule has 134 valence electrons. The van der Waals surface area contributed by atoms with E-state index in [-0.39, 0.29) is 23.4 Å². The highest BCUT2D eigenvalue weighted by Crippen LogP contribution is 2.30. The molecule has 0 heterocycles. The van der Waals surface area contributed by atoms with Crippen molar-refractivity contribution in [3.8, 4) is 11.5 Å². The van der Waals surface area contributed by atoms with Crippen LogP contribution in [-0.4, -0.2) is 31.6 Å². The molecule has 0 fully saturated rings. The second-order valence-electron chi connectivity index (χ2n) is 5.75. The van der Waals surface area contributed by atoms with Gasteiger partial charge in [0.15, 0.2) is 11.5 Å². The van der Waals surface area contributed by atoms with Gasteiger partial charge in [-0.25, -0.2) is 0 Å². The Bertz CT molecular complexity index is 732. The molecule has 2 rings (SSSR count). The number of alkyl halides is 2. The smallest absolute Gasteiger partial charge is 0.387 e. The van der Waals surface area contributed by atoms with Gasteiger partial charge < -0.3 is 14.4 Å². The van der Waals surface area contributed by atoms with Crippen molar-refractivity contribution in [2.75, 3.05) is 14.2 Å². The van der Waals surface area contributed by atoms with E-state index >= 15 is 0 Å². The summed E-state index contributed by atoms with van der Waals surface area (Å²) in [5, 5.41) is 0. The van der Waals surface area contributed by atoms with Gasteiger partial charge in [0.25, 0.3) is 5.91 Å². The number of carbonyl (C=O) groups is 1. The van der Waals surface area contributed by atoms with Gasteiger partial charge in [-0.15, -0.1) is 0 Å². The van der Waals surface area contributed by atoms with E-state index in [0.29, 0.717) is 5.56 Å². The number of aryl methyl sites for hydroxylation is 1. The van der Waals surface area contributed by atoms with Crippen molar-refractivity contribution in [2.45, 2.75) is 26.5 Å². The molecule has 0 N–H and O–H groups in total. The summed E-state index contributed by atoms with van der Waals surface area (Å²) in [5.41, 5.74) is 2.48. The lowest BCUT2D eigenvalue weighted by Crippen LogP contribution is -2.29. The zero-order valence-electron chi connectivity index (χ0n) is 14.6. The van der Waals surface area contributed by atoms with Crippen molar-refractivity contribution in [3.63, 3.8) is 0 Å². The summed E-state index contributed by atoms with van der Waals surface area (Å²) in [6.07, 6.45) is 0. The van der Waals surface area contributed by atoms with Crippen molar-refractivity contribution in [1.82, 2.24) is 4.90 Å². The lowest BCUT2D eigenvalue weighted by molar-refractivity contribution is -0.0512.